The summed E-state index contributed by atoms with van der Waals surface area (Å²) in [6.45, 7) is 6.11. The number of aliphatic hydroxyl groups is 1. The fourth-order valence-electron chi connectivity index (χ4n) is 1.69. The largest absolute Gasteiger partial charge is 0.444 e. The molecule has 0 heterocycles. The second kappa shape index (κ2) is 13.1. The maximum absolute atomic E-state index is 11.5. The Balaban J connectivity index is 0. The predicted octanol–water partition coefficient (Wildman–Crippen LogP) is 1.06. The van der Waals surface area contributed by atoms with E-state index in [9.17, 15) is 14.7 Å². The third-order valence-electron chi connectivity index (χ3n) is 2.77. The van der Waals surface area contributed by atoms with Gasteiger partial charge in [0.15, 0.2) is 0 Å². The molecular weight excluding hydrogens is 300 g/mol. The summed E-state index contributed by atoms with van der Waals surface area (Å²) in [7, 11) is 0. The second-order valence-corrected chi connectivity index (χ2v) is 6.29. The Labute approximate surface area is 139 Å². The van der Waals surface area contributed by atoms with Crippen molar-refractivity contribution in [2.75, 3.05) is 19.6 Å². The highest BCUT2D eigenvalue weighted by Gasteiger charge is 2.16. The van der Waals surface area contributed by atoms with E-state index >= 15 is 0 Å². The third-order valence-corrected chi connectivity index (χ3v) is 2.77. The number of unbranched alkanes of at least 4 members (excludes halogenated alkanes) is 3. The average molecular weight is 334 g/mol. The second-order valence-electron chi connectivity index (χ2n) is 6.29. The lowest BCUT2D eigenvalue weighted by molar-refractivity contribution is -0.121. The zero-order valence-electron chi connectivity index (χ0n) is 14.7. The van der Waals surface area contributed by atoms with Crippen LogP contribution in [0.2, 0.25) is 0 Å². The Kier molecular flexibility index (Phi) is 13.6. The van der Waals surface area contributed by atoms with Gasteiger partial charge in [-0.1, -0.05) is 12.8 Å². The summed E-state index contributed by atoms with van der Waals surface area (Å²) in [4.78, 5) is 22.9. The van der Waals surface area contributed by atoms with E-state index in [1.807, 2.05) is 0 Å². The van der Waals surface area contributed by atoms with Gasteiger partial charge in [-0.3, -0.25) is 4.79 Å². The van der Waals surface area contributed by atoms with Gasteiger partial charge < -0.3 is 32.4 Å². The van der Waals surface area contributed by atoms with Crippen molar-refractivity contribution < 1.29 is 19.4 Å². The molecule has 0 aliphatic heterocycles. The quantitative estimate of drug-likeness (QED) is 0.377. The maximum Gasteiger partial charge on any atom is 0.407 e. The summed E-state index contributed by atoms with van der Waals surface area (Å²) >= 11 is 0. The Hall–Kier alpha value is -1.38. The highest BCUT2D eigenvalue weighted by molar-refractivity contribution is 5.75. The smallest absolute Gasteiger partial charge is 0.407 e. The SMILES string of the molecule is CC(C)(C)OC(=O)NCC(O)CNC(=O)CCCCCCN.N. The maximum atomic E-state index is 11.5. The first-order chi connectivity index (χ1) is 10.2. The molecule has 138 valence electrons. The number of nitrogens with two attached hydrogens (primary N) is 1. The van der Waals surface area contributed by atoms with Crippen molar-refractivity contribution in [3.05, 3.63) is 0 Å². The number of hydrogen-bond donors (Lipinski definition) is 5. The normalized spacial score (nSPS) is 12.0. The topological polar surface area (TPSA) is 149 Å². The number of amides is 2. The van der Waals surface area contributed by atoms with Gasteiger partial charge in [-0.15, -0.1) is 0 Å². The minimum atomic E-state index is -0.839. The van der Waals surface area contributed by atoms with Gasteiger partial charge in [0.05, 0.1) is 6.10 Å². The molecule has 0 aliphatic rings. The zero-order valence-corrected chi connectivity index (χ0v) is 14.7. The van der Waals surface area contributed by atoms with Crippen LogP contribution in [0.1, 0.15) is 52.9 Å². The van der Waals surface area contributed by atoms with E-state index < -0.39 is 17.8 Å². The molecule has 0 spiro atoms. The highest BCUT2D eigenvalue weighted by Crippen LogP contribution is 2.06. The fourth-order valence-corrected chi connectivity index (χ4v) is 1.69. The van der Waals surface area contributed by atoms with Crippen molar-refractivity contribution in [3.8, 4) is 0 Å². The monoisotopic (exact) mass is 334 g/mol. The van der Waals surface area contributed by atoms with Gasteiger partial charge in [-0.2, -0.15) is 0 Å². The number of rotatable bonds is 10. The predicted molar refractivity (Wildman–Crippen MR) is 90.4 cm³/mol. The van der Waals surface area contributed by atoms with Crippen molar-refractivity contribution in [1.29, 1.82) is 0 Å². The van der Waals surface area contributed by atoms with Gasteiger partial charge in [-0.05, 0) is 40.2 Å². The summed E-state index contributed by atoms with van der Waals surface area (Å²) in [5.41, 5.74) is 4.81. The molecule has 8 nitrogen and oxygen atoms in total. The molecule has 8 N–H and O–H groups in total. The summed E-state index contributed by atoms with van der Waals surface area (Å²) in [6, 6.07) is 0. The molecule has 8 heteroatoms. The molecule has 0 aromatic rings. The molecule has 0 bridgehead atoms. The van der Waals surface area contributed by atoms with Gasteiger partial charge in [0.25, 0.3) is 0 Å². The van der Waals surface area contributed by atoms with Gasteiger partial charge >= 0.3 is 6.09 Å². The molecule has 2 amide bonds. The summed E-state index contributed by atoms with van der Waals surface area (Å²) in [5.74, 6) is -0.0935. The number of alkyl carbamates (subject to hydrolysis) is 1. The Morgan fingerprint density at radius 3 is 2.22 bits per heavy atom. The zero-order chi connectivity index (χ0) is 17.0. The van der Waals surface area contributed by atoms with Crippen molar-refractivity contribution in [1.82, 2.24) is 16.8 Å². The molecule has 23 heavy (non-hydrogen) atoms. The average Bonchev–Trinajstić information content (AvgIpc) is 2.41. The van der Waals surface area contributed by atoms with Gasteiger partial charge in [-0.25, -0.2) is 4.79 Å². The van der Waals surface area contributed by atoms with E-state index in [1.165, 1.54) is 0 Å². The molecule has 0 aromatic carbocycles. The number of nitrogens with one attached hydrogen (secondary N) is 2. The van der Waals surface area contributed by atoms with Gasteiger partial charge in [0.1, 0.15) is 5.60 Å². The van der Waals surface area contributed by atoms with Crippen LogP contribution in [0.3, 0.4) is 0 Å². The molecular formula is C15H34N4O4. The third kappa shape index (κ3) is 16.8. The first-order valence-electron chi connectivity index (χ1n) is 7.86. The van der Waals surface area contributed by atoms with Gasteiger partial charge in [0.2, 0.25) is 5.91 Å². The van der Waals surface area contributed by atoms with Crippen LogP contribution in [0.15, 0.2) is 0 Å². The molecule has 0 fully saturated rings. The molecule has 0 saturated carbocycles. The van der Waals surface area contributed by atoms with Crippen LogP contribution >= 0.6 is 0 Å². The van der Waals surface area contributed by atoms with Crippen LogP contribution < -0.4 is 22.5 Å². The number of ether oxygens (including phenoxy) is 1. The van der Waals surface area contributed by atoms with E-state index in [1.54, 1.807) is 20.8 Å². The van der Waals surface area contributed by atoms with E-state index in [0.29, 0.717) is 13.0 Å². The molecule has 0 aliphatic carbocycles. The van der Waals surface area contributed by atoms with Crippen LogP contribution in [-0.4, -0.2) is 48.4 Å². The Morgan fingerprint density at radius 2 is 1.65 bits per heavy atom. The molecule has 0 saturated heterocycles. The number of aliphatic hydroxyl groups excluding tert-OH is 1. The lowest BCUT2D eigenvalue weighted by Crippen LogP contribution is -2.41. The van der Waals surface area contributed by atoms with E-state index in [-0.39, 0.29) is 25.1 Å². The van der Waals surface area contributed by atoms with Crippen LogP contribution in [0, 0.1) is 0 Å². The van der Waals surface area contributed by atoms with E-state index in [4.69, 9.17) is 10.5 Å². The number of hydrogen-bond acceptors (Lipinski definition) is 6. The summed E-state index contributed by atoms with van der Waals surface area (Å²) < 4.78 is 5.04. The van der Waals surface area contributed by atoms with E-state index in [2.05, 4.69) is 10.6 Å². The molecule has 0 aromatic heterocycles. The Morgan fingerprint density at radius 1 is 1.09 bits per heavy atom. The Bertz CT molecular complexity index is 332. The van der Waals surface area contributed by atoms with Crippen LogP contribution in [0.25, 0.3) is 0 Å². The lowest BCUT2D eigenvalue weighted by Gasteiger charge is -2.20. The minimum absolute atomic E-state index is 0. The molecule has 1 unspecified atom stereocenters. The lowest BCUT2D eigenvalue weighted by atomic mass is 10.1. The van der Waals surface area contributed by atoms with Crippen LogP contribution in [0.4, 0.5) is 4.79 Å². The van der Waals surface area contributed by atoms with Crippen molar-refractivity contribution in [2.45, 2.75) is 64.6 Å². The van der Waals surface area contributed by atoms with Crippen molar-refractivity contribution in [2.24, 2.45) is 5.73 Å². The van der Waals surface area contributed by atoms with Gasteiger partial charge in [0, 0.05) is 19.5 Å². The summed E-state index contributed by atoms with van der Waals surface area (Å²) in [5, 5.41) is 14.8. The van der Waals surface area contributed by atoms with Crippen LogP contribution in [0.5, 0.6) is 0 Å². The standard InChI is InChI=1S/C15H31N3O4.H3N/c1-15(2,3)22-14(21)18-11-12(19)10-17-13(20)8-6-4-5-7-9-16;/h12,19H,4-11,16H2,1-3H3,(H,17,20)(H,18,21);1H3. The first kappa shape index (κ1) is 23.9. The minimum Gasteiger partial charge on any atom is -0.444 e. The first-order valence-corrected chi connectivity index (χ1v) is 7.86. The van der Waals surface area contributed by atoms with Crippen molar-refractivity contribution >= 4 is 12.0 Å². The summed E-state index contributed by atoms with van der Waals surface area (Å²) in [6.07, 6.45) is 2.83. The molecule has 1 atom stereocenters. The number of carbonyl (C=O) groups is 2. The molecule has 0 rings (SSSR count). The van der Waals surface area contributed by atoms with Crippen molar-refractivity contribution in [3.63, 3.8) is 0 Å². The van der Waals surface area contributed by atoms with E-state index in [0.717, 1.165) is 25.7 Å². The highest BCUT2D eigenvalue weighted by atomic mass is 16.6. The number of carbonyl (C=O) groups excluding carboxylic acids is 2. The molecule has 0 radical (unpaired) electrons. The van der Waals surface area contributed by atoms with Crippen LogP contribution in [-0.2, 0) is 9.53 Å². The fraction of sp³-hybridized carbons (Fsp3) is 0.867.